The summed E-state index contributed by atoms with van der Waals surface area (Å²) in [5.41, 5.74) is 1.55. The molecule has 1 amide bonds. The molecule has 4 rings (SSSR count). The van der Waals surface area contributed by atoms with E-state index in [-0.39, 0.29) is 11.8 Å². The minimum atomic E-state index is -0.0244. The molecule has 1 saturated heterocycles. The van der Waals surface area contributed by atoms with Crippen molar-refractivity contribution in [3.8, 4) is 17.2 Å². The monoisotopic (exact) mass is 382 g/mol. The molecule has 0 radical (unpaired) electrons. The summed E-state index contributed by atoms with van der Waals surface area (Å²) in [6.07, 6.45) is 4.92. The van der Waals surface area contributed by atoms with Gasteiger partial charge in [-0.2, -0.15) is 0 Å². The molecule has 3 heterocycles. The first-order valence-corrected chi connectivity index (χ1v) is 9.23. The molecule has 8 heteroatoms. The third kappa shape index (κ3) is 4.23. The largest absolute Gasteiger partial charge is 0.497 e. The van der Waals surface area contributed by atoms with Crippen LogP contribution in [-0.4, -0.2) is 47.7 Å². The molecule has 8 nitrogen and oxygen atoms in total. The number of carbonyl (C=O) groups is 1. The van der Waals surface area contributed by atoms with Crippen molar-refractivity contribution in [3.05, 3.63) is 48.7 Å². The van der Waals surface area contributed by atoms with E-state index >= 15 is 0 Å². The van der Waals surface area contributed by atoms with Crippen molar-refractivity contribution in [3.63, 3.8) is 0 Å². The fourth-order valence-electron chi connectivity index (χ4n) is 3.32. The molecule has 0 atom stereocenters. The zero-order chi connectivity index (χ0) is 19.3. The quantitative estimate of drug-likeness (QED) is 0.700. The highest BCUT2D eigenvalue weighted by atomic mass is 16.5. The van der Waals surface area contributed by atoms with E-state index in [1.165, 1.54) is 0 Å². The van der Waals surface area contributed by atoms with Crippen LogP contribution in [0.3, 0.4) is 0 Å². The normalized spacial score (nSPS) is 15.5. The lowest BCUT2D eigenvalue weighted by Gasteiger charge is -2.29. The van der Waals surface area contributed by atoms with E-state index in [1.807, 2.05) is 24.3 Å². The zero-order valence-corrected chi connectivity index (χ0v) is 15.6. The molecule has 1 fully saturated rings. The highest BCUT2D eigenvalue weighted by Crippen LogP contribution is 2.29. The molecule has 0 aliphatic carbocycles. The van der Waals surface area contributed by atoms with Gasteiger partial charge in [0.05, 0.1) is 25.5 Å². The Morgan fingerprint density at radius 3 is 2.68 bits per heavy atom. The van der Waals surface area contributed by atoms with Crippen molar-refractivity contribution in [2.75, 3.05) is 32.1 Å². The number of amides is 1. The lowest BCUT2D eigenvalue weighted by molar-refractivity contribution is -0.117. The van der Waals surface area contributed by atoms with Crippen molar-refractivity contribution < 1.29 is 18.4 Å². The van der Waals surface area contributed by atoms with Gasteiger partial charge in [-0.15, -0.1) is 10.2 Å². The van der Waals surface area contributed by atoms with Crippen LogP contribution in [0.5, 0.6) is 5.75 Å². The number of carbonyl (C=O) groups excluding carboxylic acids is 1. The maximum absolute atomic E-state index is 12.3. The first-order valence-electron chi connectivity index (χ1n) is 9.23. The Hall–Kier alpha value is -3.13. The van der Waals surface area contributed by atoms with Crippen LogP contribution in [0.2, 0.25) is 0 Å². The molecule has 1 N–H and O–H groups in total. The number of hydrogen-bond acceptors (Lipinski definition) is 7. The van der Waals surface area contributed by atoms with Crippen molar-refractivity contribution in [2.24, 2.45) is 0 Å². The third-order valence-corrected chi connectivity index (χ3v) is 4.89. The summed E-state index contributed by atoms with van der Waals surface area (Å²) in [7, 11) is 1.61. The van der Waals surface area contributed by atoms with Crippen LogP contribution >= 0.6 is 0 Å². The predicted molar refractivity (Wildman–Crippen MR) is 102 cm³/mol. The molecule has 0 spiro atoms. The van der Waals surface area contributed by atoms with Crippen LogP contribution in [0.15, 0.2) is 51.7 Å². The second-order valence-corrected chi connectivity index (χ2v) is 6.78. The molecule has 2 aromatic heterocycles. The smallest absolute Gasteiger partial charge is 0.250 e. The molecule has 0 saturated carbocycles. The van der Waals surface area contributed by atoms with Crippen LogP contribution in [0.4, 0.5) is 5.69 Å². The highest BCUT2D eigenvalue weighted by Gasteiger charge is 2.26. The maximum Gasteiger partial charge on any atom is 0.250 e. The van der Waals surface area contributed by atoms with Gasteiger partial charge in [0, 0.05) is 11.6 Å². The number of hydrogen-bond donors (Lipinski definition) is 1. The first-order chi connectivity index (χ1) is 13.7. The van der Waals surface area contributed by atoms with Gasteiger partial charge in [-0.25, -0.2) is 0 Å². The number of likely N-dealkylation sites (tertiary alicyclic amines) is 1. The molecule has 1 aromatic carbocycles. The standard InChI is InChI=1S/C20H22N4O4/c1-26-17-4-2-16(3-5-17)21-18(25)12-24-9-6-14(7-10-24)19-22-23-20(28-19)15-8-11-27-13-15/h2-5,8,11,13-14H,6-7,9-10,12H2,1H3,(H,21,25). The number of furan rings is 1. The van der Waals surface area contributed by atoms with Gasteiger partial charge in [0.15, 0.2) is 0 Å². The van der Waals surface area contributed by atoms with E-state index in [1.54, 1.807) is 25.7 Å². The maximum atomic E-state index is 12.3. The van der Waals surface area contributed by atoms with E-state index in [0.717, 1.165) is 42.9 Å². The molecular formula is C20H22N4O4. The molecular weight excluding hydrogens is 360 g/mol. The van der Waals surface area contributed by atoms with Crippen molar-refractivity contribution >= 4 is 11.6 Å². The molecule has 146 valence electrons. The van der Waals surface area contributed by atoms with Crippen LogP contribution in [0.25, 0.3) is 11.5 Å². The first kappa shape index (κ1) is 18.2. The molecule has 3 aromatic rings. The fourth-order valence-corrected chi connectivity index (χ4v) is 3.32. The van der Waals surface area contributed by atoms with Crippen LogP contribution in [-0.2, 0) is 4.79 Å². The van der Waals surface area contributed by atoms with Crippen LogP contribution in [0.1, 0.15) is 24.7 Å². The number of ether oxygens (including phenoxy) is 1. The number of piperidine rings is 1. The van der Waals surface area contributed by atoms with E-state index in [2.05, 4.69) is 20.4 Å². The summed E-state index contributed by atoms with van der Waals surface area (Å²) in [6, 6.07) is 9.10. The number of methoxy groups -OCH3 is 1. The van der Waals surface area contributed by atoms with E-state index < -0.39 is 0 Å². The lowest BCUT2D eigenvalue weighted by atomic mass is 9.97. The molecule has 0 bridgehead atoms. The molecule has 1 aliphatic heterocycles. The minimum absolute atomic E-state index is 0.0244. The Labute approximate surface area is 162 Å². The minimum Gasteiger partial charge on any atom is -0.497 e. The average Bonchev–Trinajstić information content (AvgIpc) is 3.41. The van der Waals surface area contributed by atoms with Gasteiger partial charge >= 0.3 is 0 Å². The lowest BCUT2D eigenvalue weighted by Crippen LogP contribution is -2.38. The van der Waals surface area contributed by atoms with Gasteiger partial charge < -0.3 is 18.9 Å². The topological polar surface area (TPSA) is 93.6 Å². The SMILES string of the molecule is COc1ccc(NC(=O)CN2CCC(c3nnc(-c4ccoc4)o3)CC2)cc1. The summed E-state index contributed by atoms with van der Waals surface area (Å²) in [6.45, 7) is 1.98. The summed E-state index contributed by atoms with van der Waals surface area (Å²) < 4.78 is 16.0. The van der Waals surface area contributed by atoms with E-state index in [0.29, 0.717) is 18.3 Å². The van der Waals surface area contributed by atoms with Crippen LogP contribution < -0.4 is 10.1 Å². The van der Waals surface area contributed by atoms with Crippen LogP contribution in [0, 0.1) is 0 Å². The summed E-state index contributed by atoms with van der Waals surface area (Å²) >= 11 is 0. The van der Waals surface area contributed by atoms with Crippen molar-refractivity contribution in [1.29, 1.82) is 0 Å². The zero-order valence-electron chi connectivity index (χ0n) is 15.6. The second kappa shape index (κ2) is 8.26. The third-order valence-electron chi connectivity index (χ3n) is 4.89. The summed E-state index contributed by atoms with van der Waals surface area (Å²) in [5, 5.41) is 11.2. The number of rotatable bonds is 6. The van der Waals surface area contributed by atoms with Gasteiger partial charge in [-0.3, -0.25) is 9.69 Å². The van der Waals surface area contributed by atoms with Gasteiger partial charge in [0.1, 0.15) is 12.0 Å². The fraction of sp³-hybridized carbons (Fsp3) is 0.350. The number of anilines is 1. The van der Waals surface area contributed by atoms with Crippen molar-refractivity contribution in [1.82, 2.24) is 15.1 Å². The van der Waals surface area contributed by atoms with Gasteiger partial charge in [0.2, 0.25) is 11.8 Å². The number of aromatic nitrogens is 2. The van der Waals surface area contributed by atoms with Gasteiger partial charge in [-0.1, -0.05) is 0 Å². The van der Waals surface area contributed by atoms with E-state index in [4.69, 9.17) is 13.6 Å². The summed E-state index contributed by atoms with van der Waals surface area (Å²) in [5.74, 6) is 2.08. The van der Waals surface area contributed by atoms with E-state index in [9.17, 15) is 4.79 Å². The number of benzene rings is 1. The van der Waals surface area contributed by atoms with Gasteiger partial charge in [0.25, 0.3) is 5.89 Å². The number of nitrogens with one attached hydrogen (secondary N) is 1. The summed E-state index contributed by atoms with van der Waals surface area (Å²) in [4.78, 5) is 14.4. The number of nitrogens with zero attached hydrogens (tertiary/aromatic N) is 3. The molecule has 0 unspecified atom stereocenters. The van der Waals surface area contributed by atoms with Gasteiger partial charge in [-0.05, 0) is 56.3 Å². The Morgan fingerprint density at radius 2 is 2.00 bits per heavy atom. The Kier molecular flexibility index (Phi) is 5.38. The second-order valence-electron chi connectivity index (χ2n) is 6.78. The van der Waals surface area contributed by atoms with Crippen molar-refractivity contribution in [2.45, 2.75) is 18.8 Å². The average molecular weight is 382 g/mol. The Morgan fingerprint density at radius 1 is 1.21 bits per heavy atom. The molecule has 1 aliphatic rings. The Balaban J connectivity index is 1.26. The molecule has 28 heavy (non-hydrogen) atoms. The Bertz CT molecular complexity index is 897. The predicted octanol–water partition coefficient (Wildman–Crippen LogP) is 3.16. The highest BCUT2D eigenvalue weighted by molar-refractivity contribution is 5.92.